The van der Waals surface area contributed by atoms with Crippen molar-refractivity contribution in [1.82, 2.24) is 24.8 Å². The second-order valence-electron chi connectivity index (χ2n) is 7.14. The molecule has 3 aromatic rings. The first-order valence-electron chi connectivity index (χ1n) is 9.80. The Morgan fingerprint density at radius 3 is 2.45 bits per heavy atom. The number of benzene rings is 1. The van der Waals surface area contributed by atoms with Crippen molar-refractivity contribution in [2.24, 2.45) is 0 Å². The number of ether oxygens (including phenoxy) is 2. The Labute approximate surface area is 179 Å². The van der Waals surface area contributed by atoms with Crippen molar-refractivity contribution in [3.05, 3.63) is 48.2 Å². The van der Waals surface area contributed by atoms with Gasteiger partial charge in [-0.2, -0.15) is 15.0 Å². The standard InChI is InChI=1S/C21H23N7O3/c1-27(2)19(29)14-3-6-16(7-4-14)31-21-25-18(15-5-8-17(22)23-13-15)24-20(26-21)28-9-11-30-12-10-28/h3-8,13H,9-12H2,1-2H3,(H2,22,23). The van der Waals surface area contributed by atoms with E-state index in [1.54, 1.807) is 56.7 Å². The Morgan fingerprint density at radius 2 is 1.81 bits per heavy atom. The molecule has 10 nitrogen and oxygen atoms in total. The first-order chi connectivity index (χ1) is 15.0. The number of hydrogen-bond donors (Lipinski definition) is 1. The lowest BCUT2D eigenvalue weighted by atomic mass is 10.2. The molecule has 1 aliphatic heterocycles. The molecule has 2 aromatic heterocycles. The van der Waals surface area contributed by atoms with Crippen molar-refractivity contribution < 1.29 is 14.3 Å². The Bertz CT molecular complexity index is 1050. The highest BCUT2D eigenvalue weighted by molar-refractivity contribution is 5.93. The lowest BCUT2D eigenvalue weighted by Crippen LogP contribution is -2.37. The van der Waals surface area contributed by atoms with Crippen LogP contribution in [0.2, 0.25) is 0 Å². The zero-order valence-electron chi connectivity index (χ0n) is 17.4. The molecule has 3 heterocycles. The van der Waals surface area contributed by atoms with Crippen LogP contribution in [0.5, 0.6) is 11.8 Å². The van der Waals surface area contributed by atoms with Gasteiger partial charge in [-0.1, -0.05) is 0 Å². The van der Waals surface area contributed by atoms with Gasteiger partial charge in [0.15, 0.2) is 5.82 Å². The molecule has 1 fully saturated rings. The van der Waals surface area contributed by atoms with Crippen molar-refractivity contribution >= 4 is 17.7 Å². The van der Waals surface area contributed by atoms with Gasteiger partial charge in [-0.05, 0) is 36.4 Å². The number of nitrogens with two attached hydrogens (primary N) is 1. The molecule has 0 saturated carbocycles. The molecule has 31 heavy (non-hydrogen) atoms. The smallest absolute Gasteiger partial charge is 0.327 e. The molecular weight excluding hydrogens is 398 g/mol. The molecule has 2 N–H and O–H groups in total. The van der Waals surface area contributed by atoms with Gasteiger partial charge in [-0.3, -0.25) is 4.79 Å². The number of carbonyl (C=O) groups is 1. The maximum Gasteiger partial charge on any atom is 0.327 e. The predicted molar refractivity (Wildman–Crippen MR) is 115 cm³/mol. The van der Waals surface area contributed by atoms with Crippen LogP contribution in [0.25, 0.3) is 11.4 Å². The number of amides is 1. The monoisotopic (exact) mass is 421 g/mol. The van der Waals surface area contributed by atoms with Crippen molar-refractivity contribution in [2.45, 2.75) is 0 Å². The molecule has 0 aliphatic carbocycles. The minimum absolute atomic E-state index is 0.0838. The topological polar surface area (TPSA) is 120 Å². The number of pyridine rings is 1. The first kappa shape index (κ1) is 20.5. The predicted octanol–water partition coefficient (Wildman–Crippen LogP) is 1.85. The summed E-state index contributed by atoms with van der Waals surface area (Å²) in [6, 6.07) is 10.5. The van der Waals surface area contributed by atoms with E-state index in [0.717, 1.165) is 0 Å². The number of nitrogens with zero attached hydrogens (tertiary/aromatic N) is 6. The Morgan fingerprint density at radius 1 is 1.06 bits per heavy atom. The van der Waals surface area contributed by atoms with Gasteiger partial charge in [0.25, 0.3) is 5.91 Å². The molecule has 0 bridgehead atoms. The molecular formula is C21H23N7O3. The third-order valence-electron chi connectivity index (χ3n) is 4.66. The quantitative estimate of drug-likeness (QED) is 0.658. The van der Waals surface area contributed by atoms with Crippen LogP contribution in [0.1, 0.15) is 10.4 Å². The molecule has 1 saturated heterocycles. The summed E-state index contributed by atoms with van der Waals surface area (Å²) in [5, 5.41) is 0. The van der Waals surface area contributed by atoms with E-state index in [4.69, 9.17) is 15.2 Å². The second-order valence-corrected chi connectivity index (χ2v) is 7.14. The molecule has 10 heteroatoms. The van der Waals surface area contributed by atoms with Crippen LogP contribution in [0.15, 0.2) is 42.6 Å². The maximum atomic E-state index is 12.1. The molecule has 0 atom stereocenters. The summed E-state index contributed by atoms with van der Waals surface area (Å²) in [6.07, 6.45) is 1.61. The molecule has 1 amide bonds. The summed E-state index contributed by atoms with van der Waals surface area (Å²) in [5.74, 6) is 1.77. The third kappa shape index (κ3) is 4.86. The minimum atomic E-state index is -0.0838. The van der Waals surface area contributed by atoms with Gasteiger partial charge in [0, 0.05) is 44.5 Å². The maximum absolute atomic E-state index is 12.1. The van der Waals surface area contributed by atoms with Gasteiger partial charge in [-0.15, -0.1) is 0 Å². The average Bonchev–Trinajstić information content (AvgIpc) is 2.80. The van der Waals surface area contributed by atoms with E-state index >= 15 is 0 Å². The minimum Gasteiger partial charge on any atom is -0.424 e. The summed E-state index contributed by atoms with van der Waals surface area (Å²) in [4.78, 5) is 33.3. The first-order valence-corrected chi connectivity index (χ1v) is 9.80. The number of hydrogen-bond acceptors (Lipinski definition) is 9. The zero-order valence-corrected chi connectivity index (χ0v) is 17.4. The van der Waals surface area contributed by atoms with Crippen LogP contribution >= 0.6 is 0 Å². The summed E-state index contributed by atoms with van der Waals surface area (Å²) >= 11 is 0. The van der Waals surface area contributed by atoms with E-state index in [2.05, 4.69) is 19.9 Å². The van der Waals surface area contributed by atoms with Crippen molar-refractivity contribution in [3.8, 4) is 23.1 Å². The molecule has 0 radical (unpaired) electrons. The van der Waals surface area contributed by atoms with Crippen molar-refractivity contribution in [3.63, 3.8) is 0 Å². The van der Waals surface area contributed by atoms with Gasteiger partial charge in [-0.25, -0.2) is 4.98 Å². The van der Waals surface area contributed by atoms with Gasteiger partial charge in [0.05, 0.1) is 13.2 Å². The van der Waals surface area contributed by atoms with Crippen LogP contribution < -0.4 is 15.4 Å². The zero-order chi connectivity index (χ0) is 21.8. The highest BCUT2D eigenvalue weighted by Gasteiger charge is 2.18. The van der Waals surface area contributed by atoms with Crippen LogP contribution in [0.4, 0.5) is 11.8 Å². The second kappa shape index (κ2) is 8.92. The van der Waals surface area contributed by atoms with E-state index in [9.17, 15) is 4.79 Å². The highest BCUT2D eigenvalue weighted by Crippen LogP contribution is 2.25. The SMILES string of the molecule is CN(C)C(=O)c1ccc(Oc2nc(-c3ccc(N)nc3)nc(N3CCOCC3)n2)cc1. The van der Waals surface area contributed by atoms with E-state index in [0.29, 0.717) is 60.8 Å². The fraction of sp³-hybridized carbons (Fsp3) is 0.286. The van der Waals surface area contributed by atoms with Gasteiger partial charge in [0.2, 0.25) is 5.95 Å². The highest BCUT2D eigenvalue weighted by atomic mass is 16.5. The van der Waals surface area contributed by atoms with Crippen LogP contribution in [-0.2, 0) is 4.74 Å². The number of nitrogen functional groups attached to an aromatic ring is 1. The summed E-state index contributed by atoms with van der Waals surface area (Å²) in [5.41, 5.74) is 6.96. The van der Waals surface area contributed by atoms with Crippen molar-refractivity contribution in [1.29, 1.82) is 0 Å². The molecule has 0 unspecified atom stereocenters. The molecule has 0 spiro atoms. The third-order valence-corrected chi connectivity index (χ3v) is 4.66. The van der Waals surface area contributed by atoms with Gasteiger partial charge < -0.3 is 25.0 Å². The average molecular weight is 421 g/mol. The number of aromatic nitrogens is 4. The van der Waals surface area contributed by atoms with Crippen LogP contribution in [-0.4, -0.2) is 71.1 Å². The van der Waals surface area contributed by atoms with E-state index in [1.165, 1.54) is 4.90 Å². The fourth-order valence-electron chi connectivity index (χ4n) is 2.99. The normalized spacial score (nSPS) is 13.7. The largest absolute Gasteiger partial charge is 0.424 e. The molecule has 1 aliphatic rings. The Hall–Kier alpha value is -3.79. The number of morpholine rings is 1. The van der Waals surface area contributed by atoms with E-state index in [-0.39, 0.29) is 11.9 Å². The number of carbonyl (C=O) groups excluding carboxylic acids is 1. The van der Waals surface area contributed by atoms with Crippen LogP contribution in [0.3, 0.4) is 0 Å². The summed E-state index contributed by atoms with van der Waals surface area (Å²) < 4.78 is 11.3. The van der Waals surface area contributed by atoms with E-state index < -0.39 is 0 Å². The van der Waals surface area contributed by atoms with Crippen molar-refractivity contribution in [2.75, 3.05) is 51.0 Å². The molecule has 1 aromatic carbocycles. The Balaban J connectivity index is 1.65. The number of rotatable bonds is 5. The summed E-state index contributed by atoms with van der Waals surface area (Å²) in [7, 11) is 3.41. The Kier molecular flexibility index (Phi) is 5.89. The van der Waals surface area contributed by atoms with Gasteiger partial charge in [0.1, 0.15) is 11.6 Å². The lowest BCUT2D eigenvalue weighted by molar-refractivity contribution is 0.0827. The summed E-state index contributed by atoms with van der Waals surface area (Å²) in [6.45, 7) is 2.54. The van der Waals surface area contributed by atoms with Crippen LogP contribution in [0, 0.1) is 0 Å². The number of anilines is 2. The van der Waals surface area contributed by atoms with Gasteiger partial charge >= 0.3 is 6.01 Å². The molecule has 4 rings (SSSR count). The lowest BCUT2D eigenvalue weighted by Gasteiger charge is -2.27. The fourth-order valence-corrected chi connectivity index (χ4v) is 2.99. The van der Waals surface area contributed by atoms with E-state index in [1.807, 2.05) is 4.90 Å². The molecule has 160 valence electrons.